The van der Waals surface area contributed by atoms with Crippen LogP contribution in [0, 0.1) is 13.8 Å². The number of aliphatic hydroxyl groups is 1. The van der Waals surface area contributed by atoms with E-state index < -0.39 is 6.10 Å². The number of aromatic hydroxyl groups is 1. The lowest BCUT2D eigenvalue weighted by atomic mass is 10.0. The molecule has 2 aromatic heterocycles. The Hall–Kier alpha value is -1.89. The number of thiophene rings is 2. The molecule has 2 heterocycles. The van der Waals surface area contributed by atoms with Gasteiger partial charge in [-0.3, -0.25) is 4.79 Å². The maximum absolute atomic E-state index is 12.6. The zero-order valence-corrected chi connectivity index (χ0v) is 32.1. The number of methoxy groups -OCH3 is 1. The Labute approximate surface area is 305 Å². The van der Waals surface area contributed by atoms with Gasteiger partial charge in [0, 0.05) is 25.7 Å². The number of phenols is 1. The summed E-state index contributed by atoms with van der Waals surface area (Å²) in [6, 6.07) is 25.9. The number of aliphatic hydroxyl groups excluding tert-OH is 1. The monoisotopic (exact) mass is 868 g/mol. The van der Waals surface area contributed by atoms with Crippen LogP contribution in [-0.4, -0.2) is 26.3 Å². The Kier molecular flexibility index (Phi) is 13.0. The molecule has 0 saturated heterocycles. The maximum Gasteiger partial charge on any atom is 0.369 e. The van der Waals surface area contributed by atoms with Crippen LogP contribution in [0.25, 0.3) is 20.2 Å². The molecule has 2 N–H and O–H groups in total. The van der Waals surface area contributed by atoms with Gasteiger partial charge in [-0.1, -0.05) is 71.7 Å². The normalized spacial score (nSPS) is 11.3. The molecule has 0 bridgehead atoms. The molecule has 12 heteroatoms. The summed E-state index contributed by atoms with van der Waals surface area (Å²) in [6.45, 7) is 3.89. The van der Waals surface area contributed by atoms with Crippen LogP contribution in [0.4, 0.5) is 0 Å². The largest absolute Gasteiger partial charge is 0.508 e. The van der Waals surface area contributed by atoms with Crippen molar-refractivity contribution in [2.75, 3.05) is 7.11 Å². The standard InChI is InChI=1S/C17H15ClO2S.C16H11ClO2S.BBr3/c1-10-5-3-4-6-12(10)16(19)17-15(18)13-8-7-11(20-2)9-14(13)21-17;1-9-4-2-3-5-11(9)15(19)16-14(17)12-7-6-10(18)8-13(12)20-16;2-1(3)4/h3-9,16,19H,1-2H3;2-8,18H,1H3;. The molecule has 0 saturated carbocycles. The van der Waals surface area contributed by atoms with Gasteiger partial charge in [-0.25, -0.2) is 0 Å². The lowest BCUT2D eigenvalue weighted by Crippen LogP contribution is -2.01. The van der Waals surface area contributed by atoms with Crippen molar-refractivity contribution in [3.05, 3.63) is 127 Å². The molecule has 0 aliphatic carbocycles. The molecule has 1 atom stereocenters. The zero-order valence-electron chi connectivity index (χ0n) is 24.2. The topological polar surface area (TPSA) is 66.8 Å². The summed E-state index contributed by atoms with van der Waals surface area (Å²) in [5.74, 6) is 0.886. The molecule has 6 aromatic rings. The summed E-state index contributed by atoms with van der Waals surface area (Å²) in [4.78, 5) is 13.9. The minimum atomic E-state index is -0.706. The van der Waals surface area contributed by atoms with Crippen molar-refractivity contribution in [3.63, 3.8) is 0 Å². The van der Waals surface area contributed by atoms with Gasteiger partial charge in [0.15, 0.2) is 0 Å². The number of aryl methyl sites for hydroxylation is 2. The van der Waals surface area contributed by atoms with Crippen LogP contribution in [0.5, 0.6) is 11.5 Å². The molecular formula is C33H26BBr3Cl2O4S2. The van der Waals surface area contributed by atoms with Crippen molar-refractivity contribution >= 4 is 122 Å². The SMILES string of the molecule is BrB(Br)Br.COc1ccc2c(Cl)c(C(O)c3ccccc3C)sc2c1.Cc1ccccc1C(=O)c1sc2cc(O)ccc2c1Cl. The molecule has 0 aliphatic heterocycles. The van der Waals surface area contributed by atoms with Gasteiger partial charge >= 0.3 is 3.18 Å². The molecule has 0 amide bonds. The highest BCUT2D eigenvalue weighted by Gasteiger charge is 2.21. The van der Waals surface area contributed by atoms with E-state index in [1.807, 2.05) is 74.5 Å². The third-order valence-electron chi connectivity index (χ3n) is 6.80. The molecular weight excluding hydrogens is 846 g/mol. The Morgan fingerprint density at radius 1 is 0.822 bits per heavy atom. The van der Waals surface area contributed by atoms with E-state index in [-0.39, 0.29) is 14.7 Å². The first-order valence-electron chi connectivity index (χ1n) is 13.4. The van der Waals surface area contributed by atoms with Crippen LogP contribution >= 0.6 is 93.1 Å². The van der Waals surface area contributed by atoms with Gasteiger partial charge in [-0.05, 0) is 66.9 Å². The Morgan fingerprint density at radius 3 is 2.04 bits per heavy atom. The van der Waals surface area contributed by atoms with Gasteiger partial charge in [0.1, 0.15) is 17.6 Å². The number of phenolic OH excluding ortho intramolecular Hbond substituents is 1. The van der Waals surface area contributed by atoms with E-state index in [0.717, 1.165) is 47.5 Å². The van der Waals surface area contributed by atoms with Crippen molar-refractivity contribution in [1.82, 2.24) is 0 Å². The summed E-state index contributed by atoms with van der Waals surface area (Å²) in [5.41, 5.74) is 3.52. The first-order chi connectivity index (χ1) is 21.4. The van der Waals surface area contributed by atoms with Crippen molar-refractivity contribution in [3.8, 4) is 11.5 Å². The minimum absolute atomic E-state index is 0.0752. The number of fused-ring (bicyclic) bond motifs is 2. The number of carbonyl (C=O) groups excluding carboxylic acids is 1. The van der Waals surface area contributed by atoms with Crippen LogP contribution in [0.1, 0.15) is 42.9 Å². The predicted molar refractivity (Wildman–Crippen MR) is 204 cm³/mol. The molecule has 4 nitrogen and oxygen atoms in total. The molecule has 0 radical (unpaired) electrons. The summed E-state index contributed by atoms with van der Waals surface area (Å²) < 4.78 is 7.34. The van der Waals surface area contributed by atoms with Crippen molar-refractivity contribution in [2.45, 2.75) is 20.0 Å². The van der Waals surface area contributed by atoms with E-state index in [0.29, 0.717) is 20.5 Å². The molecule has 0 fully saturated rings. The Morgan fingerprint density at radius 2 is 1.40 bits per heavy atom. The average Bonchev–Trinajstić information content (AvgIpc) is 3.52. The maximum atomic E-state index is 12.6. The fraction of sp³-hybridized carbons (Fsp3) is 0.121. The highest BCUT2D eigenvalue weighted by Crippen LogP contribution is 2.43. The lowest BCUT2D eigenvalue weighted by Gasteiger charge is -2.12. The highest BCUT2D eigenvalue weighted by atomic mass is 79.9. The smallest absolute Gasteiger partial charge is 0.369 e. The fourth-order valence-electron chi connectivity index (χ4n) is 4.55. The molecule has 1 unspecified atom stereocenters. The predicted octanol–water partition coefficient (Wildman–Crippen LogP) is 11.9. The molecule has 45 heavy (non-hydrogen) atoms. The van der Waals surface area contributed by atoms with Gasteiger partial charge in [0.2, 0.25) is 5.78 Å². The quantitative estimate of drug-likeness (QED) is 0.134. The summed E-state index contributed by atoms with van der Waals surface area (Å²) in [6.07, 6.45) is -0.706. The van der Waals surface area contributed by atoms with Crippen LogP contribution < -0.4 is 4.74 Å². The summed E-state index contributed by atoms with van der Waals surface area (Å²) in [5, 5.41) is 23.0. The van der Waals surface area contributed by atoms with Gasteiger partial charge < -0.3 is 14.9 Å². The number of hydrogen-bond acceptors (Lipinski definition) is 6. The van der Waals surface area contributed by atoms with Gasteiger partial charge in [-0.15, -0.1) is 69.9 Å². The fourth-order valence-corrected chi connectivity index (χ4v) is 7.63. The Bertz CT molecular complexity index is 1960. The van der Waals surface area contributed by atoms with E-state index in [4.69, 9.17) is 27.9 Å². The third kappa shape index (κ3) is 8.73. The second-order valence-electron chi connectivity index (χ2n) is 9.72. The summed E-state index contributed by atoms with van der Waals surface area (Å²) in [7, 11) is 1.64. The second-order valence-corrected chi connectivity index (χ2v) is 19.0. The first-order valence-corrected chi connectivity index (χ1v) is 18.5. The van der Waals surface area contributed by atoms with Crippen molar-refractivity contribution in [1.29, 1.82) is 0 Å². The number of halogens is 5. The number of rotatable bonds is 5. The Balaban J connectivity index is 0.000000184. The molecule has 0 aliphatic rings. The average molecular weight is 872 g/mol. The van der Waals surface area contributed by atoms with E-state index in [2.05, 4.69) is 47.3 Å². The molecule has 0 spiro atoms. The highest BCUT2D eigenvalue weighted by molar-refractivity contribution is 9.69. The van der Waals surface area contributed by atoms with Crippen molar-refractivity contribution in [2.24, 2.45) is 0 Å². The number of ether oxygens (including phenoxy) is 1. The summed E-state index contributed by atoms with van der Waals surface area (Å²) >= 11 is 24.9. The van der Waals surface area contributed by atoms with E-state index >= 15 is 0 Å². The van der Waals surface area contributed by atoms with Crippen LogP contribution in [-0.2, 0) is 0 Å². The van der Waals surface area contributed by atoms with E-state index in [9.17, 15) is 15.0 Å². The van der Waals surface area contributed by atoms with E-state index in [1.54, 1.807) is 31.4 Å². The molecule has 232 valence electrons. The van der Waals surface area contributed by atoms with Gasteiger partial charge in [-0.2, -0.15) is 0 Å². The molecule has 4 aromatic carbocycles. The van der Waals surface area contributed by atoms with Crippen LogP contribution in [0.15, 0.2) is 84.9 Å². The van der Waals surface area contributed by atoms with Gasteiger partial charge in [0.05, 0.1) is 26.9 Å². The second kappa shape index (κ2) is 16.3. The number of carbonyl (C=O) groups is 1. The van der Waals surface area contributed by atoms with Crippen LogP contribution in [0.3, 0.4) is 0 Å². The van der Waals surface area contributed by atoms with Crippen LogP contribution in [0.2, 0.25) is 10.0 Å². The number of hydrogen-bond donors (Lipinski definition) is 2. The zero-order chi connectivity index (χ0) is 32.8. The number of benzene rings is 4. The molecule has 6 rings (SSSR count). The van der Waals surface area contributed by atoms with Gasteiger partial charge in [0.25, 0.3) is 0 Å². The van der Waals surface area contributed by atoms with E-state index in [1.165, 1.54) is 22.7 Å². The van der Waals surface area contributed by atoms with Crippen molar-refractivity contribution < 1.29 is 19.7 Å². The minimum Gasteiger partial charge on any atom is -0.508 e. The lowest BCUT2D eigenvalue weighted by molar-refractivity contribution is 0.104. The first kappa shape index (κ1) is 36.0. The number of ketones is 1. The third-order valence-corrected chi connectivity index (χ3v) is 10.2.